The zero-order valence-electron chi connectivity index (χ0n) is 9.77. The van der Waals surface area contributed by atoms with Crippen LogP contribution in [0.4, 0.5) is 13.2 Å². The van der Waals surface area contributed by atoms with Gasteiger partial charge in [-0.25, -0.2) is 8.42 Å². The molecule has 0 aliphatic rings. The molecule has 0 unspecified atom stereocenters. The summed E-state index contributed by atoms with van der Waals surface area (Å²) in [5, 5.41) is 3.35. The molecular weight excluding hydrogens is 287 g/mol. The minimum Gasteiger partial charge on any atom is -0.212 e. The number of nitrogens with zero attached hydrogens (tertiary/aromatic N) is 1. The highest BCUT2D eigenvalue weighted by Gasteiger charge is 2.35. The first-order chi connectivity index (χ1) is 8.24. The molecular formula is C10H14F3NO2S2. The lowest BCUT2D eigenvalue weighted by atomic mass is 10.3. The molecule has 0 radical (unpaired) electrons. The summed E-state index contributed by atoms with van der Waals surface area (Å²) in [6.45, 7) is -0.0512. The van der Waals surface area contributed by atoms with E-state index in [9.17, 15) is 21.6 Å². The molecule has 18 heavy (non-hydrogen) atoms. The summed E-state index contributed by atoms with van der Waals surface area (Å²) in [5.41, 5.74) is 0.573. The Bertz CT molecular complexity index is 454. The lowest BCUT2D eigenvalue weighted by Gasteiger charge is -2.22. The summed E-state index contributed by atoms with van der Waals surface area (Å²) in [6, 6.07) is 1.62. The van der Waals surface area contributed by atoms with E-state index in [2.05, 4.69) is 0 Å². The van der Waals surface area contributed by atoms with Crippen molar-refractivity contribution in [2.75, 3.05) is 12.3 Å². The van der Waals surface area contributed by atoms with Gasteiger partial charge < -0.3 is 0 Å². The summed E-state index contributed by atoms with van der Waals surface area (Å²) >= 11 is 1.32. The van der Waals surface area contributed by atoms with E-state index in [1.807, 2.05) is 0 Å². The summed E-state index contributed by atoms with van der Waals surface area (Å²) in [6.07, 6.45) is -4.24. The fourth-order valence-electron chi connectivity index (χ4n) is 1.43. The average molecular weight is 301 g/mol. The maximum atomic E-state index is 12.4. The summed E-state index contributed by atoms with van der Waals surface area (Å²) in [4.78, 5) is 0. The van der Waals surface area contributed by atoms with Gasteiger partial charge in [0.15, 0.2) is 0 Å². The Balaban J connectivity index is 2.88. The van der Waals surface area contributed by atoms with Crippen molar-refractivity contribution in [2.24, 2.45) is 0 Å². The Morgan fingerprint density at radius 1 is 1.39 bits per heavy atom. The van der Waals surface area contributed by atoms with Crippen LogP contribution in [0.2, 0.25) is 0 Å². The molecule has 0 aliphatic carbocycles. The molecule has 1 heterocycles. The van der Waals surface area contributed by atoms with E-state index in [1.54, 1.807) is 23.8 Å². The molecule has 1 rings (SSSR count). The molecule has 0 N–H and O–H groups in total. The van der Waals surface area contributed by atoms with E-state index in [0.717, 1.165) is 0 Å². The van der Waals surface area contributed by atoms with Crippen LogP contribution in [-0.4, -0.2) is 31.2 Å². The minimum atomic E-state index is -4.53. The van der Waals surface area contributed by atoms with Gasteiger partial charge in [0.1, 0.15) is 6.54 Å². The van der Waals surface area contributed by atoms with Crippen LogP contribution in [0.3, 0.4) is 0 Å². The van der Waals surface area contributed by atoms with Crippen molar-refractivity contribution >= 4 is 21.4 Å². The summed E-state index contributed by atoms with van der Waals surface area (Å²) < 4.78 is 61.2. The zero-order valence-corrected chi connectivity index (χ0v) is 11.4. The van der Waals surface area contributed by atoms with Crippen molar-refractivity contribution in [3.05, 3.63) is 22.4 Å². The lowest BCUT2D eigenvalue weighted by Crippen LogP contribution is -2.39. The number of halogens is 3. The highest BCUT2D eigenvalue weighted by Crippen LogP contribution is 2.21. The second-order valence-corrected chi connectivity index (χ2v) is 6.70. The Labute approximate surface area is 108 Å². The summed E-state index contributed by atoms with van der Waals surface area (Å²) in [7, 11) is -3.86. The number of hydrogen-bond acceptors (Lipinski definition) is 3. The minimum absolute atomic E-state index is 0.231. The molecule has 0 bridgehead atoms. The van der Waals surface area contributed by atoms with Crippen molar-refractivity contribution in [2.45, 2.75) is 26.1 Å². The molecule has 3 nitrogen and oxygen atoms in total. The normalized spacial score (nSPS) is 13.2. The third-order valence-electron chi connectivity index (χ3n) is 2.15. The molecule has 0 fully saturated rings. The number of sulfonamides is 1. The predicted octanol–water partition coefficient (Wildman–Crippen LogP) is 2.85. The van der Waals surface area contributed by atoms with Crippen molar-refractivity contribution < 1.29 is 21.6 Å². The van der Waals surface area contributed by atoms with E-state index in [0.29, 0.717) is 16.3 Å². The average Bonchev–Trinajstić information content (AvgIpc) is 2.67. The maximum absolute atomic E-state index is 12.4. The van der Waals surface area contributed by atoms with Gasteiger partial charge in [-0.05, 0) is 28.8 Å². The van der Waals surface area contributed by atoms with Crippen LogP contribution in [0.5, 0.6) is 0 Å². The Morgan fingerprint density at radius 2 is 2.06 bits per heavy atom. The first-order valence-corrected chi connectivity index (χ1v) is 7.85. The highest BCUT2D eigenvalue weighted by atomic mass is 32.2. The highest BCUT2D eigenvalue weighted by molar-refractivity contribution is 7.89. The molecule has 1 aromatic heterocycles. The van der Waals surface area contributed by atoms with Gasteiger partial charge in [0, 0.05) is 6.54 Å². The van der Waals surface area contributed by atoms with Crippen molar-refractivity contribution in [3.63, 3.8) is 0 Å². The van der Waals surface area contributed by atoms with Gasteiger partial charge >= 0.3 is 6.18 Å². The summed E-state index contributed by atoms with van der Waals surface area (Å²) in [5.74, 6) is -0.271. The largest absolute Gasteiger partial charge is 0.402 e. The predicted molar refractivity (Wildman–Crippen MR) is 64.9 cm³/mol. The standard InChI is InChI=1S/C10H14F3NO2S2/c1-2-5-18(15,16)14(8-10(11,12)13)6-9-3-4-17-7-9/h3-4,7H,2,5-6,8H2,1H3. The monoisotopic (exact) mass is 301 g/mol. The first kappa shape index (κ1) is 15.5. The second kappa shape index (κ2) is 6.03. The molecule has 0 saturated heterocycles. The molecule has 0 aliphatic heterocycles. The van der Waals surface area contributed by atoms with Gasteiger partial charge in [0.25, 0.3) is 0 Å². The molecule has 0 amide bonds. The smallest absolute Gasteiger partial charge is 0.212 e. The third kappa shape index (κ3) is 4.95. The fourth-order valence-corrected chi connectivity index (χ4v) is 3.55. The SMILES string of the molecule is CCCS(=O)(=O)N(Cc1ccsc1)CC(F)(F)F. The molecule has 104 valence electrons. The van der Waals surface area contributed by atoms with E-state index < -0.39 is 22.7 Å². The van der Waals surface area contributed by atoms with E-state index in [-0.39, 0.29) is 12.3 Å². The van der Waals surface area contributed by atoms with Gasteiger partial charge in [-0.15, -0.1) is 0 Å². The quantitative estimate of drug-likeness (QED) is 0.810. The van der Waals surface area contributed by atoms with Crippen molar-refractivity contribution in [3.8, 4) is 0 Å². The van der Waals surface area contributed by atoms with Crippen LogP contribution in [0, 0.1) is 0 Å². The van der Waals surface area contributed by atoms with E-state index >= 15 is 0 Å². The van der Waals surface area contributed by atoms with Gasteiger partial charge in [0.05, 0.1) is 5.75 Å². The van der Waals surface area contributed by atoms with Crippen LogP contribution in [0.15, 0.2) is 16.8 Å². The molecule has 1 aromatic rings. The maximum Gasteiger partial charge on any atom is 0.402 e. The van der Waals surface area contributed by atoms with Crippen molar-refractivity contribution in [1.82, 2.24) is 4.31 Å². The molecule has 8 heteroatoms. The van der Waals surface area contributed by atoms with Crippen LogP contribution in [0.1, 0.15) is 18.9 Å². The molecule has 0 spiro atoms. The lowest BCUT2D eigenvalue weighted by molar-refractivity contribution is -0.136. The molecule has 0 aromatic carbocycles. The number of hydrogen-bond donors (Lipinski definition) is 0. The molecule has 0 saturated carbocycles. The van der Waals surface area contributed by atoms with Crippen LogP contribution < -0.4 is 0 Å². The van der Waals surface area contributed by atoms with Crippen LogP contribution in [0.25, 0.3) is 0 Å². The first-order valence-electron chi connectivity index (χ1n) is 5.30. The van der Waals surface area contributed by atoms with Gasteiger partial charge in [-0.3, -0.25) is 0 Å². The second-order valence-electron chi connectivity index (χ2n) is 3.83. The van der Waals surface area contributed by atoms with E-state index in [4.69, 9.17) is 0 Å². The van der Waals surface area contributed by atoms with Crippen LogP contribution >= 0.6 is 11.3 Å². The van der Waals surface area contributed by atoms with Gasteiger partial charge in [0.2, 0.25) is 10.0 Å². The zero-order chi connectivity index (χ0) is 13.8. The number of rotatable bonds is 6. The Morgan fingerprint density at radius 3 is 2.50 bits per heavy atom. The topological polar surface area (TPSA) is 37.4 Å². The Kier molecular flexibility index (Phi) is 5.18. The Hall–Kier alpha value is -0.600. The third-order valence-corrected chi connectivity index (χ3v) is 4.85. The van der Waals surface area contributed by atoms with E-state index in [1.165, 1.54) is 11.3 Å². The van der Waals surface area contributed by atoms with Gasteiger partial charge in [-0.1, -0.05) is 6.92 Å². The number of alkyl halides is 3. The number of thiophene rings is 1. The van der Waals surface area contributed by atoms with Crippen molar-refractivity contribution in [1.29, 1.82) is 0 Å². The van der Waals surface area contributed by atoms with Crippen LogP contribution in [-0.2, 0) is 16.6 Å². The molecule has 0 atom stereocenters. The van der Waals surface area contributed by atoms with Gasteiger partial charge in [-0.2, -0.15) is 28.8 Å². The fraction of sp³-hybridized carbons (Fsp3) is 0.600.